The van der Waals surface area contributed by atoms with Gasteiger partial charge in [-0.25, -0.2) is 4.90 Å². The van der Waals surface area contributed by atoms with Crippen LogP contribution in [0.1, 0.15) is 40.9 Å². The maximum Gasteiger partial charge on any atom is 0.265 e. The molecule has 0 atom stereocenters. The maximum atomic E-state index is 13.6. The number of para-hydroxylation sites is 1. The SMILES string of the molecule is COc1cc(/C=C2\C(=O)N(c3ccccc3C)C(=O)c3ccccc32)ccc1OC(C)C. The lowest BCUT2D eigenvalue weighted by Gasteiger charge is -2.29. The number of carbonyl (C=O) groups is 2. The number of hydrogen-bond acceptors (Lipinski definition) is 4. The van der Waals surface area contributed by atoms with Gasteiger partial charge in [-0.15, -0.1) is 0 Å². The van der Waals surface area contributed by atoms with E-state index in [1.807, 2.05) is 63.2 Å². The third-order valence-corrected chi connectivity index (χ3v) is 5.30. The molecular formula is C27H25NO4. The lowest BCUT2D eigenvalue weighted by Crippen LogP contribution is -2.42. The van der Waals surface area contributed by atoms with E-state index in [1.165, 1.54) is 4.90 Å². The van der Waals surface area contributed by atoms with E-state index < -0.39 is 0 Å². The molecule has 5 heteroatoms. The van der Waals surface area contributed by atoms with E-state index >= 15 is 0 Å². The maximum absolute atomic E-state index is 13.6. The van der Waals surface area contributed by atoms with Crippen molar-refractivity contribution < 1.29 is 19.1 Å². The first kappa shape index (κ1) is 21.4. The predicted octanol–water partition coefficient (Wildman–Crippen LogP) is 5.52. The summed E-state index contributed by atoms with van der Waals surface area (Å²) in [6.45, 7) is 5.78. The summed E-state index contributed by atoms with van der Waals surface area (Å²) in [7, 11) is 1.58. The average Bonchev–Trinajstić information content (AvgIpc) is 2.78. The molecule has 1 aliphatic rings. The van der Waals surface area contributed by atoms with Gasteiger partial charge in [-0.05, 0) is 67.8 Å². The minimum atomic E-state index is -0.357. The van der Waals surface area contributed by atoms with Crippen LogP contribution in [0.15, 0.2) is 66.7 Å². The van der Waals surface area contributed by atoms with Crippen LogP contribution in [0.25, 0.3) is 11.6 Å². The molecule has 32 heavy (non-hydrogen) atoms. The molecule has 0 aromatic heterocycles. The average molecular weight is 428 g/mol. The number of amides is 2. The molecule has 0 radical (unpaired) electrons. The molecule has 0 unspecified atom stereocenters. The summed E-state index contributed by atoms with van der Waals surface area (Å²) in [5.74, 6) is 0.535. The lowest BCUT2D eigenvalue weighted by atomic mass is 9.91. The highest BCUT2D eigenvalue weighted by Gasteiger charge is 2.36. The fraction of sp³-hybridized carbons (Fsp3) is 0.185. The number of rotatable bonds is 5. The van der Waals surface area contributed by atoms with E-state index in [0.717, 1.165) is 11.1 Å². The molecule has 1 heterocycles. The zero-order valence-corrected chi connectivity index (χ0v) is 18.6. The first-order chi connectivity index (χ1) is 15.4. The van der Waals surface area contributed by atoms with Crippen molar-refractivity contribution in [3.63, 3.8) is 0 Å². The minimum absolute atomic E-state index is 0.00795. The molecule has 3 aromatic rings. The van der Waals surface area contributed by atoms with E-state index in [4.69, 9.17) is 9.47 Å². The zero-order chi connectivity index (χ0) is 22.8. The van der Waals surface area contributed by atoms with Gasteiger partial charge in [-0.1, -0.05) is 42.5 Å². The van der Waals surface area contributed by atoms with Crippen LogP contribution in [-0.2, 0) is 4.79 Å². The van der Waals surface area contributed by atoms with Crippen LogP contribution in [0, 0.1) is 6.92 Å². The molecule has 3 aromatic carbocycles. The van der Waals surface area contributed by atoms with Gasteiger partial charge in [0.15, 0.2) is 11.5 Å². The van der Waals surface area contributed by atoms with Gasteiger partial charge in [0.2, 0.25) is 0 Å². The van der Waals surface area contributed by atoms with Gasteiger partial charge in [-0.3, -0.25) is 9.59 Å². The van der Waals surface area contributed by atoms with Gasteiger partial charge in [0, 0.05) is 11.1 Å². The Balaban J connectivity index is 1.85. The summed E-state index contributed by atoms with van der Waals surface area (Å²) in [5, 5.41) is 0. The normalized spacial score (nSPS) is 14.7. The quantitative estimate of drug-likeness (QED) is 0.397. The van der Waals surface area contributed by atoms with Gasteiger partial charge in [0.05, 0.1) is 18.9 Å². The molecule has 0 N–H and O–H groups in total. The highest BCUT2D eigenvalue weighted by molar-refractivity contribution is 6.43. The van der Waals surface area contributed by atoms with Crippen molar-refractivity contribution in [2.75, 3.05) is 12.0 Å². The number of nitrogens with zero attached hydrogens (tertiary/aromatic N) is 1. The number of carbonyl (C=O) groups excluding carboxylic acids is 2. The first-order valence-corrected chi connectivity index (χ1v) is 10.5. The third-order valence-electron chi connectivity index (χ3n) is 5.30. The van der Waals surface area contributed by atoms with Crippen molar-refractivity contribution in [3.05, 3.63) is 89.0 Å². The topological polar surface area (TPSA) is 55.8 Å². The summed E-state index contributed by atoms with van der Waals surface area (Å²) in [5.41, 5.74) is 3.77. The largest absolute Gasteiger partial charge is 0.493 e. The van der Waals surface area contributed by atoms with Crippen molar-refractivity contribution in [3.8, 4) is 11.5 Å². The summed E-state index contributed by atoms with van der Waals surface area (Å²) in [4.78, 5) is 28.1. The Labute approximate surface area is 187 Å². The Kier molecular flexibility index (Phi) is 5.82. The molecule has 0 saturated carbocycles. The Morgan fingerprint density at radius 1 is 0.844 bits per heavy atom. The molecule has 0 saturated heterocycles. The molecular weight excluding hydrogens is 402 g/mol. The highest BCUT2D eigenvalue weighted by Crippen LogP contribution is 2.36. The van der Waals surface area contributed by atoms with Crippen LogP contribution in [0.2, 0.25) is 0 Å². The molecule has 2 amide bonds. The summed E-state index contributed by atoms with van der Waals surface area (Å²) in [6.07, 6.45) is 1.80. The molecule has 1 aliphatic heterocycles. The van der Waals surface area contributed by atoms with E-state index in [9.17, 15) is 9.59 Å². The number of hydrogen-bond donors (Lipinski definition) is 0. The Bertz CT molecular complexity index is 1230. The standard InChI is InChI=1S/C27H25NO4/c1-17(2)32-24-14-13-19(16-25(24)31-4)15-22-20-10-6-7-11-21(20)26(29)28(27(22)30)23-12-8-5-9-18(23)3/h5-17H,1-4H3/b22-15-. The van der Waals surface area contributed by atoms with E-state index in [-0.39, 0.29) is 17.9 Å². The van der Waals surface area contributed by atoms with Crippen LogP contribution >= 0.6 is 0 Å². The summed E-state index contributed by atoms with van der Waals surface area (Å²) >= 11 is 0. The summed E-state index contributed by atoms with van der Waals surface area (Å²) < 4.78 is 11.3. The second-order valence-corrected chi connectivity index (χ2v) is 7.91. The van der Waals surface area contributed by atoms with Crippen LogP contribution in [-0.4, -0.2) is 25.0 Å². The van der Waals surface area contributed by atoms with Crippen molar-refractivity contribution in [2.24, 2.45) is 0 Å². The predicted molar refractivity (Wildman–Crippen MR) is 126 cm³/mol. The monoisotopic (exact) mass is 427 g/mol. The van der Waals surface area contributed by atoms with Gasteiger partial charge in [-0.2, -0.15) is 0 Å². The molecule has 0 spiro atoms. The molecule has 0 bridgehead atoms. The van der Waals surface area contributed by atoms with Crippen LogP contribution in [0.3, 0.4) is 0 Å². The Morgan fingerprint density at radius 2 is 1.53 bits per heavy atom. The Morgan fingerprint density at radius 3 is 2.22 bits per heavy atom. The van der Waals surface area contributed by atoms with Crippen LogP contribution < -0.4 is 14.4 Å². The number of benzene rings is 3. The van der Waals surface area contributed by atoms with Gasteiger partial charge in [0.1, 0.15) is 0 Å². The molecule has 0 aliphatic carbocycles. The minimum Gasteiger partial charge on any atom is -0.493 e. The van der Waals surface area contributed by atoms with Crippen molar-refractivity contribution in [1.29, 1.82) is 0 Å². The smallest absolute Gasteiger partial charge is 0.265 e. The van der Waals surface area contributed by atoms with Gasteiger partial charge in [0.25, 0.3) is 11.8 Å². The number of ether oxygens (including phenoxy) is 2. The molecule has 0 fully saturated rings. The molecule has 162 valence electrons. The number of fused-ring (bicyclic) bond motifs is 1. The second kappa shape index (κ2) is 8.71. The van der Waals surface area contributed by atoms with E-state index in [1.54, 1.807) is 37.5 Å². The summed E-state index contributed by atoms with van der Waals surface area (Å²) in [6, 6.07) is 20.1. The van der Waals surface area contributed by atoms with Crippen molar-refractivity contribution in [1.82, 2.24) is 0 Å². The number of anilines is 1. The number of aryl methyl sites for hydroxylation is 1. The first-order valence-electron chi connectivity index (χ1n) is 10.5. The van der Waals surface area contributed by atoms with Gasteiger partial charge < -0.3 is 9.47 Å². The van der Waals surface area contributed by atoms with E-state index in [0.29, 0.717) is 33.9 Å². The van der Waals surface area contributed by atoms with Crippen LogP contribution in [0.5, 0.6) is 11.5 Å². The third kappa shape index (κ3) is 3.89. The molecule has 4 rings (SSSR count). The second-order valence-electron chi connectivity index (χ2n) is 7.91. The fourth-order valence-corrected chi connectivity index (χ4v) is 3.82. The van der Waals surface area contributed by atoms with Gasteiger partial charge >= 0.3 is 0 Å². The highest BCUT2D eigenvalue weighted by atomic mass is 16.5. The lowest BCUT2D eigenvalue weighted by molar-refractivity contribution is -0.112. The number of imide groups is 1. The fourth-order valence-electron chi connectivity index (χ4n) is 3.82. The van der Waals surface area contributed by atoms with Crippen molar-refractivity contribution >= 4 is 29.2 Å². The number of methoxy groups -OCH3 is 1. The van der Waals surface area contributed by atoms with Crippen LogP contribution in [0.4, 0.5) is 5.69 Å². The van der Waals surface area contributed by atoms with Crippen molar-refractivity contribution in [2.45, 2.75) is 26.9 Å². The zero-order valence-electron chi connectivity index (χ0n) is 18.6. The molecule has 5 nitrogen and oxygen atoms in total. The van der Waals surface area contributed by atoms with E-state index in [2.05, 4.69) is 0 Å². The Hall–Kier alpha value is -3.86.